The number of barbiturate groups is 1. The molecule has 0 aromatic heterocycles. The number of nitrogens with zero attached hydrogens (tertiary/aromatic N) is 2. The van der Waals surface area contributed by atoms with Crippen molar-refractivity contribution in [1.29, 1.82) is 0 Å². The number of amides is 4. The molecule has 38 heavy (non-hydrogen) atoms. The minimum absolute atomic E-state index is 0.322. The zero-order valence-electron chi connectivity index (χ0n) is 22.1. The molecule has 1 unspecified atom stereocenters. The van der Waals surface area contributed by atoms with Gasteiger partial charge < -0.3 is 9.47 Å². The average Bonchev–Trinajstić information content (AvgIpc) is 2.91. The zero-order chi connectivity index (χ0) is 27.4. The molecule has 4 amide bonds. The van der Waals surface area contributed by atoms with E-state index in [1.165, 1.54) is 27.3 Å². The minimum Gasteiger partial charge on any atom is -0.497 e. The number of benzene rings is 2. The highest BCUT2D eigenvalue weighted by Gasteiger charge is 2.61. The summed E-state index contributed by atoms with van der Waals surface area (Å²) in [6.45, 7) is 3.72. The SMILES string of the molecule is CCCCC1=CC(/C=C/OCc2ccccc2)C2(C(=O)N(C)C(=O)N(C)C2=O)c2ccc(OC(C)=O)cc21. The molecule has 2 aromatic carbocycles. The van der Waals surface area contributed by atoms with Crippen molar-refractivity contribution in [2.45, 2.75) is 45.1 Å². The van der Waals surface area contributed by atoms with Gasteiger partial charge in [-0.1, -0.05) is 55.8 Å². The third-order valence-corrected chi connectivity index (χ3v) is 7.04. The van der Waals surface area contributed by atoms with Crippen LogP contribution in [0.4, 0.5) is 4.79 Å². The van der Waals surface area contributed by atoms with Gasteiger partial charge in [-0.2, -0.15) is 0 Å². The van der Waals surface area contributed by atoms with Crippen molar-refractivity contribution in [2.24, 2.45) is 5.92 Å². The fraction of sp³-hybridized carbons (Fsp3) is 0.333. The van der Waals surface area contributed by atoms with Crippen LogP contribution in [0.3, 0.4) is 0 Å². The lowest BCUT2D eigenvalue weighted by Crippen LogP contribution is -2.68. The Morgan fingerprint density at radius 3 is 2.34 bits per heavy atom. The second-order valence-electron chi connectivity index (χ2n) is 9.57. The number of carbonyl (C=O) groups excluding carboxylic acids is 4. The molecule has 1 aliphatic carbocycles. The zero-order valence-corrected chi connectivity index (χ0v) is 22.1. The van der Waals surface area contributed by atoms with Crippen molar-refractivity contribution >= 4 is 29.4 Å². The number of allylic oxidation sites excluding steroid dienone is 3. The van der Waals surface area contributed by atoms with E-state index in [1.807, 2.05) is 36.4 Å². The maximum atomic E-state index is 13.9. The van der Waals surface area contributed by atoms with Crippen molar-refractivity contribution in [2.75, 3.05) is 14.1 Å². The largest absolute Gasteiger partial charge is 0.497 e. The smallest absolute Gasteiger partial charge is 0.332 e. The average molecular weight is 517 g/mol. The van der Waals surface area contributed by atoms with E-state index in [1.54, 1.807) is 24.3 Å². The van der Waals surface area contributed by atoms with Gasteiger partial charge in [0.25, 0.3) is 11.8 Å². The Labute approximate surface area is 222 Å². The van der Waals surface area contributed by atoms with Crippen molar-refractivity contribution in [1.82, 2.24) is 9.80 Å². The first-order chi connectivity index (χ1) is 18.2. The van der Waals surface area contributed by atoms with E-state index >= 15 is 0 Å². The Bertz CT molecular complexity index is 1290. The topological polar surface area (TPSA) is 93.2 Å². The van der Waals surface area contributed by atoms with Crippen LogP contribution >= 0.6 is 0 Å². The maximum Gasteiger partial charge on any atom is 0.332 e. The highest BCUT2D eigenvalue weighted by Crippen LogP contribution is 2.49. The van der Waals surface area contributed by atoms with Crippen molar-refractivity contribution in [3.63, 3.8) is 0 Å². The first-order valence-electron chi connectivity index (χ1n) is 12.7. The summed E-state index contributed by atoms with van der Waals surface area (Å²) in [6, 6.07) is 13.9. The summed E-state index contributed by atoms with van der Waals surface area (Å²) in [7, 11) is 2.76. The van der Waals surface area contributed by atoms with Crippen LogP contribution in [0.2, 0.25) is 0 Å². The molecule has 1 aliphatic heterocycles. The van der Waals surface area contributed by atoms with E-state index in [-0.39, 0.29) is 0 Å². The number of hydrogen-bond acceptors (Lipinski definition) is 6. The van der Waals surface area contributed by atoms with E-state index < -0.39 is 35.1 Å². The molecule has 0 bridgehead atoms. The summed E-state index contributed by atoms with van der Waals surface area (Å²) in [4.78, 5) is 54.2. The Balaban J connectivity index is 1.85. The number of urea groups is 1. The van der Waals surface area contributed by atoms with Crippen LogP contribution in [0.5, 0.6) is 5.75 Å². The second-order valence-corrected chi connectivity index (χ2v) is 9.57. The molecule has 8 heteroatoms. The van der Waals surface area contributed by atoms with E-state index in [0.717, 1.165) is 33.8 Å². The molecular formula is C30H32N2O6. The van der Waals surface area contributed by atoms with Gasteiger partial charge in [-0.25, -0.2) is 4.79 Å². The van der Waals surface area contributed by atoms with Crippen LogP contribution in [-0.4, -0.2) is 47.7 Å². The molecule has 0 N–H and O–H groups in total. The van der Waals surface area contributed by atoms with Crippen LogP contribution < -0.4 is 4.74 Å². The molecule has 2 aromatic rings. The summed E-state index contributed by atoms with van der Waals surface area (Å²) in [6.07, 6.45) is 7.67. The van der Waals surface area contributed by atoms with Crippen LogP contribution in [-0.2, 0) is 31.1 Å². The number of fused-ring (bicyclic) bond motifs is 2. The number of imide groups is 2. The van der Waals surface area contributed by atoms with Gasteiger partial charge in [0.2, 0.25) is 0 Å². The number of likely N-dealkylation sites (N-methyl/N-ethyl adjacent to an activating group) is 2. The molecule has 1 atom stereocenters. The quantitative estimate of drug-likeness (QED) is 0.216. The van der Waals surface area contributed by atoms with Crippen LogP contribution in [0, 0.1) is 5.92 Å². The van der Waals surface area contributed by atoms with Gasteiger partial charge in [0.15, 0.2) is 5.41 Å². The molecule has 4 rings (SSSR count). The van der Waals surface area contributed by atoms with Gasteiger partial charge >= 0.3 is 12.0 Å². The van der Waals surface area contributed by atoms with Crippen LogP contribution in [0.25, 0.3) is 5.57 Å². The Kier molecular flexibility index (Phi) is 7.80. The van der Waals surface area contributed by atoms with Crippen LogP contribution in [0.1, 0.15) is 49.8 Å². The van der Waals surface area contributed by atoms with Gasteiger partial charge in [-0.3, -0.25) is 24.2 Å². The summed E-state index contributed by atoms with van der Waals surface area (Å²) in [5.41, 5.74) is 1.32. The summed E-state index contributed by atoms with van der Waals surface area (Å²) in [5.74, 6) is -2.09. The predicted molar refractivity (Wildman–Crippen MR) is 142 cm³/mol. The number of esters is 1. The molecule has 1 heterocycles. The third-order valence-electron chi connectivity index (χ3n) is 7.04. The van der Waals surface area contributed by atoms with Gasteiger partial charge in [0.05, 0.1) is 6.26 Å². The molecule has 1 saturated heterocycles. The van der Waals surface area contributed by atoms with Gasteiger partial charge in [-0.05, 0) is 53.3 Å². The summed E-state index contributed by atoms with van der Waals surface area (Å²) < 4.78 is 11.1. The lowest BCUT2D eigenvalue weighted by Gasteiger charge is -2.47. The molecule has 0 saturated carbocycles. The van der Waals surface area contributed by atoms with Crippen LogP contribution in [0.15, 0.2) is 66.9 Å². The number of carbonyl (C=O) groups is 4. The lowest BCUT2D eigenvalue weighted by molar-refractivity contribution is -0.152. The third kappa shape index (κ3) is 4.74. The number of hydrogen-bond donors (Lipinski definition) is 0. The molecule has 0 radical (unpaired) electrons. The summed E-state index contributed by atoms with van der Waals surface area (Å²) in [5, 5.41) is 0. The van der Waals surface area contributed by atoms with Gasteiger partial charge in [0, 0.05) is 26.9 Å². The van der Waals surface area contributed by atoms with E-state index in [2.05, 4.69) is 6.92 Å². The molecule has 1 spiro atoms. The minimum atomic E-state index is -1.72. The predicted octanol–water partition coefficient (Wildman–Crippen LogP) is 4.83. The van der Waals surface area contributed by atoms with Gasteiger partial charge in [-0.15, -0.1) is 0 Å². The molecule has 198 valence electrons. The van der Waals surface area contributed by atoms with E-state index in [0.29, 0.717) is 29.9 Å². The second kappa shape index (κ2) is 11.0. The molecular weight excluding hydrogens is 484 g/mol. The van der Waals surface area contributed by atoms with Crippen molar-refractivity contribution in [3.05, 3.63) is 83.6 Å². The Hall–Kier alpha value is -4.20. The van der Waals surface area contributed by atoms with Crippen molar-refractivity contribution < 1.29 is 28.7 Å². The number of ether oxygens (including phenoxy) is 2. The fourth-order valence-electron chi connectivity index (χ4n) is 5.15. The fourth-order valence-corrected chi connectivity index (χ4v) is 5.15. The Morgan fingerprint density at radius 2 is 1.71 bits per heavy atom. The van der Waals surface area contributed by atoms with Crippen molar-refractivity contribution in [3.8, 4) is 5.75 Å². The first kappa shape index (κ1) is 26.9. The first-order valence-corrected chi connectivity index (χ1v) is 12.7. The number of unbranched alkanes of at least 4 members (excludes halogenated alkanes) is 1. The molecule has 2 aliphatic rings. The normalized spacial score (nSPS) is 18.6. The summed E-state index contributed by atoms with van der Waals surface area (Å²) >= 11 is 0. The Morgan fingerprint density at radius 1 is 1.03 bits per heavy atom. The lowest BCUT2D eigenvalue weighted by atomic mass is 9.61. The van der Waals surface area contributed by atoms with E-state index in [9.17, 15) is 19.2 Å². The highest BCUT2D eigenvalue weighted by molar-refractivity contribution is 6.24. The van der Waals surface area contributed by atoms with Gasteiger partial charge in [0.1, 0.15) is 12.4 Å². The molecule has 8 nitrogen and oxygen atoms in total. The number of rotatable bonds is 8. The van der Waals surface area contributed by atoms with E-state index in [4.69, 9.17) is 9.47 Å². The maximum absolute atomic E-state index is 13.9. The molecule has 1 fully saturated rings. The highest BCUT2D eigenvalue weighted by atomic mass is 16.5. The monoisotopic (exact) mass is 516 g/mol. The standard InChI is InChI=1S/C30H32N2O6/c1-5-6-12-22-17-23(15-16-37-19-21-10-8-7-9-11-21)30(27(34)31(3)29(36)32(4)28(30)35)26-14-13-24(18-25(22)26)38-20(2)33/h7-11,13-18,23H,5-6,12,19H2,1-4H3/b16-15+.